The van der Waals surface area contributed by atoms with Gasteiger partial charge in [-0.05, 0) is 5.56 Å². The topological polar surface area (TPSA) is 90.7 Å². The van der Waals surface area contributed by atoms with Crippen molar-refractivity contribution in [2.45, 2.75) is 5.92 Å². The number of carbonyl (C=O) groups excluding carboxylic acids is 1. The number of nitrogens with two attached hydrogens (primary N) is 1. The fraction of sp³-hybridized carbons (Fsp3) is 0.250. The average Bonchev–Trinajstić information content (AvgIpc) is 2.99. The van der Waals surface area contributed by atoms with Crippen LogP contribution in [-0.4, -0.2) is 5.91 Å². The standard InChI is InChI=1S/C12H9N3O/c13-6-9-10(8-4-2-1-3-5-8)12(9,7-14)11(15)16/h1-5,9-10H,(H2,15,16)/t9-,10+,12+/m0/s1. The van der Waals surface area contributed by atoms with Gasteiger partial charge in [0.15, 0.2) is 5.41 Å². The first-order valence-electron chi connectivity index (χ1n) is 4.84. The van der Waals surface area contributed by atoms with Gasteiger partial charge in [-0.3, -0.25) is 4.79 Å². The molecule has 1 aromatic carbocycles. The summed E-state index contributed by atoms with van der Waals surface area (Å²) in [5.74, 6) is -1.73. The molecular weight excluding hydrogens is 202 g/mol. The minimum Gasteiger partial charge on any atom is -0.368 e. The van der Waals surface area contributed by atoms with Gasteiger partial charge in [0.25, 0.3) is 0 Å². The van der Waals surface area contributed by atoms with Gasteiger partial charge in [-0.15, -0.1) is 0 Å². The van der Waals surface area contributed by atoms with Crippen LogP contribution < -0.4 is 5.73 Å². The van der Waals surface area contributed by atoms with Gasteiger partial charge in [0.2, 0.25) is 5.91 Å². The van der Waals surface area contributed by atoms with Crippen molar-refractivity contribution < 1.29 is 4.79 Å². The van der Waals surface area contributed by atoms with Crippen molar-refractivity contribution in [3.8, 4) is 12.1 Å². The fourth-order valence-electron chi connectivity index (χ4n) is 2.18. The molecular formula is C12H9N3O. The minimum absolute atomic E-state index is 0.388. The van der Waals surface area contributed by atoms with Crippen molar-refractivity contribution in [1.82, 2.24) is 0 Å². The van der Waals surface area contributed by atoms with Crippen LogP contribution in [0.5, 0.6) is 0 Å². The molecule has 0 heterocycles. The third kappa shape index (κ3) is 1.11. The van der Waals surface area contributed by atoms with Crippen LogP contribution in [0.25, 0.3) is 0 Å². The number of amides is 1. The number of nitriles is 2. The van der Waals surface area contributed by atoms with E-state index in [1.165, 1.54) is 0 Å². The van der Waals surface area contributed by atoms with E-state index >= 15 is 0 Å². The predicted molar refractivity (Wildman–Crippen MR) is 55.5 cm³/mol. The number of primary amides is 1. The average molecular weight is 211 g/mol. The van der Waals surface area contributed by atoms with Crippen molar-refractivity contribution in [2.24, 2.45) is 17.1 Å². The second-order valence-electron chi connectivity index (χ2n) is 3.84. The second-order valence-corrected chi connectivity index (χ2v) is 3.84. The molecule has 0 spiro atoms. The molecule has 0 bridgehead atoms. The van der Waals surface area contributed by atoms with Gasteiger partial charge >= 0.3 is 0 Å². The lowest BCUT2D eigenvalue weighted by atomic mass is 10.00. The number of hydrogen-bond donors (Lipinski definition) is 1. The zero-order chi connectivity index (χ0) is 11.8. The van der Waals surface area contributed by atoms with Crippen LogP contribution in [-0.2, 0) is 4.79 Å². The summed E-state index contributed by atoms with van der Waals surface area (Å²) >= 11 is 0. The third-order valence-electron chi connectivity index (χ3n) is 3.10. The Balaban J connectivity index is 2.44. The van der Waals surface area contributed by atoms with Gasteiger partial charge in [-0.1, -0.05) is 30.3 Å². The summed E-state index contributed by atoms with van der Waals surface area (Å²) in [5.41, 5.74) is 4.70. The second kappa shape index (κ2) is 3.36. The van der Waals surface area contributed by atoms with Crippen LogP contribution in [0, 0.1) is 34.0 Å². The van der Waals surface area contributed by atoms with Crippen molar-refractivity contribution in [3.05, 3.63) is 35.9 Å². The molecule has 1 aromatic rings. The van der Waals surface area contributed by atoms with Crippen LogP contribution in [0.2, 0.25) is 0 Å². The maximum atomic E-state index is 11.3. The molecule has 1 fully saturated rings. The van der Waals surface area contributed by atoms with E-state index in [-0.39, 0.29) is 5.92 Å². The minimum atomic E-state index is -1.34. The van der Waals surface area contributed by atoms with Gasteiger partial charge in [0.1, 0.15) is 0 Å². The summed E-state index contributed by atoms with van der Waals surface area (Å²) in [6.07, 6.45) is 0. The molecule has 0 aromatic heterocycles. The van der Waals surface area contributed by atoms with Crippen molar-refractivity contribution in [2.75, 3.05) is 0 Å². The van der Waals surface area contributed by atoms with Crippen LogP contribution in [0.3, 0.4) is 0 Å². The quantitative estimate of drug-likeness (QED) is 0.788. The van der Waals surface area contributed by atoms with Gasteiger partial charge < -0.3 is 5.73 Å². The van der Waals surface area contributed by atoms with E-state index in [9.17, 15) is 4.79 Å². The Morgan fingerprint density at radius 1 is 1.31 bits per heavy atom. The van der Waals surface area contributed by atoms with E-state index in [0.717, 1.165) is 5.56 Å². The normalized spacial score (nSPS) is 31.1. The zero-order valence-electron chi connectivity index (χ0n) is 8.42. The van der Waals surface area contributed by atoms with Crippen LogP contribution in [0.1, 0.15) is 11.5 Å². The molecule has 1 amide bonds. The number of rotatable bonds is 2. The molecule has 2 N–H and O–H groups in total. The van der Waals surface area contributed by atoms with Gasteiger partial charge in [-0.2, -0.15) is 10.5 Å². The van der Waals surface area contributed by atoms with Gasteiger partial charge in [-0.25, -0.2) is 0 Å². The van der Waals surface area contributed by atoms with E-state index in [1.54, 1.807) is 12.1 Å². The molecule has 3 atom stereocenters. The Morgan fingerprint density at radius 3 is 2.31 bits per heavy atom. The Hall–Kier alpha value is -2.33. The summed E-state index contributed by atoms with van der Waals surface area (Å²) in [5, 5.41) is 18.0. The molecule has 78 valence electrons. The first-order chi connectivity index (χ1) is 7.68. The monoisotopic (exact) mass is 211 g/mol. The van der Waals surface area contributed by atoms with Gasteiger partial charge in [0.05, 0.1) is 18.1 Å². The third-order valence-corrected chi connectivity index (χ3v) is 3.10. The molecule has 4 nitrogen and oxygen atoms in total. The molecule has 4 heteroatoms. The largest absolute Gasteiger partial charge is 0.368 e. The Kier molecular flexibility index (Phi) is 2.14. The summed E-state index contributed by atoms with van der Waals surface area (Å²) in [6, 6.07) is 13.0. The van der Waals surface area contributed by atoms with E-state index in [1.807, 2.05) is 30.3 Å². The van der Waals surface area contributed by atoms with E-state index in [2.05, 4.69) is 0 Å². The lowest BCUT2D eigenvalue weighted by molar-refractivity contribution is -0.121. The number of hydrogen-bond acceptors (Lipinski definition) is 3. The van der Waals surface area contributed by atoms with E-state index in [0.29, 0.717) is 0 Å². The first kappa shape index (κ1) is 10.2. The maximum absolute atomic E-state index is 11.3. The van der Waals surface area contributed by atoms with Crippen LogP contribution in [0.4, 0.5) is 0 Å². The molecule has 2 rings (SSSR count). The van der Waals surface area contributed by atoms with E-state index in [4.69, 9.17) is 16.3 Å². The first-order valence-corrected chi connectivity index (χ1v) is 4.84. The Morgan fingerprint density at radius 2 is 1.94 bits per heavy atom. The predicted octanol–water partition coefficient (Wildman–Crippen LogP) is 0.919. The fourth-order valence-corrected chi connectivity index (χ4v) is 2.18. The van der Waals surface area contributed by atoms with Crippen molar-refractivity contribution in [1.29, 1.82) is 10.5 Å². The van der Waals surface area contributed by atoms with Crippen LogP contribution in [0.15, 0.2) is 30.3 Å². The van der Waals surface area contributed by atoms with Gasteiger partial charge in [0, 0.05) is 5.92 Å². The molecule has 1 aliphatic rings. The summed E-state index contributed by atoms with van der Waals surface area (Å²) in [7, 11) is 0. The lowest BCUT2D eigenvalue weighted by Crippen LogP contribution is -2.26. The molecule has 0 saturated heterocycles. The number of carbonyl (C=O) groups is 1. The molecule has 1 aliphatic carbocycles. The zero-order valence-corrected chi connectivity index (χ0v) is 8.42. The molecule has 16 heavy (non-hydrogen) atoms. The molecule has 0 unspecified atom stereocenters. The van der Waals surface area contributed by atoms with Crippen molar-refractivity contribution in [3.63, 3.8) is 0 Å². The van der Waals surface area contributed by atoms with Crippen LogP contribution >= 0.6 is 0 Å². The highest BCUT2D eigenvalue weighted by Crippen LogP contribution is 2.63. The summed E-state index contributed by atoms with van der Waals surface area (Å²) < 4.78 is 0. The number of nitrogens with zero attached hydrogens (tertiary/aromatic N) is 2. The van der Waals surface area contributed by atoms with E-state index < -0.39 is 17.2 Å². The molecule has 1 saturated carbocycles. The molecule has 0 aliphatic heterocycles. The highest BCUT2D eigenvalue weighted by atomic mass is 16.1. The summed E-state index contributed by atoms with van der Waals surface area (Å²) in [4.78, 5) is 11.3. The summed E-state index contributed by atoms with van der Waals surface area (Å²) in [6.45, 7) is 0. The Labute approximate surface area is 92.9 Å². The molecule has 0 radical (unpaired) electrons. The highest BCUT2D eigenvalue weighted by Gasteiger charge is 2.71. The van der Waals surface area contributed by atoms with Crippen molar-refractivity contribution >= 4 is 5.91 Å². The lowest BCUT2D eigenvalue weighted by Gasteiger charge is -2.02. The SMILES string of the molecule is N#C[C@H]1[C@@H](c2ccccc2)[C@]1(C#N)C(N)=O. The smallest absolute Gasteiger partial charge is 0.239 e. The highest BCUT2D eigenvalue weighted by molar-refractivity contribution is 5.90. The maximum Gasteiger partial charge on any atom is 0.239 e. The Bertz CT molecular complexity index is 511. The number of benzene rings is 1.